The first-order chi connectivity index (χ1) is 11.3. The van der Waals surface area contributed by atoms with Gasteiger partial charge in [0.25, 0.3) is 0 Å². The van der Waals surface area contributed by atoms with E-state index in [2.05, 4.69) is 29.1 Å². The van der Waals surface area contributed by atoms with Gasteiger partial charge in [0.1, 0.15) is 12.4 Å². The van der Waals surface area contributed by atoms with Crippen LogP contribution in [0.2, 0.25) is 0 Å². The van der Waals surface area contributed by atoms with E-state index in [4.69, 9.17) is 9.47 Å². The quantitative estimate of drug-likeness (QED) is 0.180. The number of para-hydroxylation sites is 1. The van der Waals surface area contributed by atoms with Crippen molar-refractivity contribution >= 4 is 29.9 Å². The Labute approximate surface area is 162 Å². The normalized spacial score (nSPS) is 10.7. The van der Waals surface area contributed by atoms with Gasteiger partial charge in [0.15, 0.2) is 5.96 Å². The molecule has 0 unspecified atom stereocenters. The van der Waals surface area contributed by atoms with Crippen molar-refractivity contribution < 1.29 is 9.47 Å². The standard InChI is InChI=1S/C18H29N3O2.HI/c1-4-6-13-22-14-11-20-18(19-3)21-15-16-9-7-8-10-17(16)23-12-5-2;/h5,7-10H,2,4,6,11-15H2,1,3H3,(H2,19,20,21);1H. The third-order valence-corrected chi connectivity index (χ3v) is 3.18. The van der Waals surface area contributed by atoms with E-state index in [1.165, 1.54) is 0 Å². The van der Waals surface area contributed by atoms with Gasteiger partial charge in [0, 0.05) is 32.3 Å². The molecule has 0 amide bonds. The molecule has 0 spiro atoms. The molecule has 6 heteroatoms. The van der Waals surface area contributed by atoms with Gasteiger partial charge in [-0.15, -0.1) is 24.0 Å². The number of guanidine groups is 1. The zero-order valence-corrected chi connectivity index (χ0v) is 17.0. The van der Waals surface area contributed by atoms with Gasteiger partial charge >= 0.3 is 0 Å². The van der Waals surface area contributed by atoms with Crippen molar-refractivity contribution in [3.63, 3.8) is 0 Å². The Morgan fingerprint density at radius 3 is 2.75 bits per heavy atom. The Morgan fingerprint density at radius 2 is 2.04 bits per heavy atom. The molecule has 0 saturated heterocycles. The summed E-state index contributed by atoms with van der Waals surface area (Å²) in [5, 5.41) is 6.52. The molecular formula is C18H30IN3O2. The predicted octanol–water partition coefficient (Wildman–Crippen LogP) is 3.35. The van der Waals surface area contributed by atoms with Gasteiger partial charge in [-0.3, -0.25) is 4.99 Å². The molecule has 0 fully saturated rings. The fourth-order valence-electron chi connectivity index (χ4n) is 1.93. The van der Waals surface area contributed by atoms with Crippen LogP contribution in [0.3, 0.4) is 0 Å². The maximum absolute atomic E-state index is 5.65. The lowest BCUT2D eigenvalue weighted by Gasteiger charge is -2.14. The molecule has 0 atom stereocenters. The number of nitrogens with zero attached hydrogens (tertiary/aromatic N) is 1. The zero-order chi connectivity index (χ0) is 16.8. The van der Waals surface area contributed by atoms with Gasteiger partial charge in [0.05, 0.1) is 6.61 Å². The van der Waals surface area contributed by atoms with Crippen molar-refractivity contribution in [3.8, 4) is 5.75 Å². The fraction of sp³-hybridized carbons (Fsp3) is 0.500. The Bertz CT molecular complexity index is 481. The topological polar surface area (TPSA) is 54.9 Å². The molecule has 0 heterocycles. The second-order valence-electron chi connectivity index (χ2n) is 5.03. The number of hydrogen-bond donors (Lipinski definition) is 2. The molecular weight excluding hydrogens is 417 g/mol. The van der Waals surface area contributed by atoms with Crippen LogP contribution in [-0.2, 0) is 11.3 Å². The number of rotatable bonds is 11. The first kappa shape index (κ1) is 22.7. The lowest BCUT2D eigenvalue weighted by Crippen LogP contribution is -2.38. The molecule has 1 aromatic rings. The smallest absolute Gasteiger partial charge is 0.191 e. The number of aliphatic imine (C=N–C) groups is 1. The van der Waals surface area contributed by atoms with Crippen molar-refractivity contribution in [1.82, 2.24) is 10.6 Å². The average Bonchev–Trinajstić information content (AvgIpc) is 2.59. The third-order valence-electron chi connectivity index (χ3n) is 3.18. The highest BCUT2D eigenvalue weighted by Crippen LogP contribution is 2.17. The summed E-state index contributed by atoms with van der Waals surface area (Å²) in [5.74, 6) is 1.61. The van der Waals surface area contributed by atoms with Crippen LogP contribution in [-0.4, -0.2) is 39.4 Å². The molecule has 24 heavy (non-hydrogen) atoms. The molecule has 136 valence electrons. The largest absolute Gasteiger partial charge is 0.489 e. The minimum atomic E-state index is 0. The van der Waals surface area contributed by atoms with E-state index in [9.17, 15) is 0 Å². The van der Waals surface area contributed by atoms with Crippen LogP contribution in [0.1, 0.15) is 25.3 Å². The van der Waals surface area contributed by atoms with Gasteiger partial charge < -0.3 is 20.1 Å². The minimum absolute atomic E-state index is 0. The molecule has 0 aliphatic carbocycles. The molecule has 2 N–H and O–H groups in total. The Hall–Kier alpha value is -1.28. The van der Waals surface area contributed by atoms with Crippen molar-refractivity contribution in [3.05, 3.63) is 42.5 Å². The van der Waals surface area contributed by atoms with Crippen molar-refractivity contribution in [2.24, 2.45) is 4.99 Å². The lowest BCUT2D eigenvalue weighted by molar-refractivity contribution is 0.136. The van der Waals surface area contributed by atoms with Crippen LogP contribution in [0.4, 0.5) is 0 Å². The third kappa shape index (κ3) is 9.77. The van der Waals surface area contributed by atoms with E-state index in [1.54, 1.807) is 13.1 Å². The number of hydrogen-bond acceptors (Lipinski definition) is 3. The van der Waals surface area contributed by atoms with Crippen molar-refractivity contribution in [2.75, 3.05) is 33.4 Å². The van der Waals surface area contributed by atoms with Gasteiger partial charge in [-0.2, -0.15) is 0 Å². The summed E-state index contributed by atoms with van der Waals surface area (Å²) in [6.45, 7) is 9.20. The Morgan fingerprint density at radius 1 is 1.25 bits per heavy atom. The van der Waals surface area contributed by atoms with E-state index >= 15 is 0 Å². The number of halogens is 1. The molecule has 0 aromatic heterocycles. The number of ether oxygens (including phenoxy) is 2. The van der Waals surface area contributed by atoms with Crippen LogP contribution in [0.25, 0.3) is 0 Å². The second kappa shape index (κ2) is 15.3. The maximum Gasteiger partial charge on any atom is 0.191 e. The number of unbranched alkanes of at least 4 members (excludes halogenated alkanes) is 1. The second-order valence-corrected chi connectivity index (χ2v) is 5.03. The Kier molecular flexibility index (Phi) is 14.4. The predicted molar refractivity (Wildman–Crippen MR) is 111 cm³/mol. The van der Waals surface area contributed by atoms with E-state index in [0.717, 1.165) is 43.3 Å². The molecule has 0 aliphatic heterocycles. The molecule has 1 aromatic carbocycles. The SMILES string of the molecule is C=CCOc1ccccc1CNC(=NC)NCCOCCCC.I. The summed E-state index contributed by atoms with van der Waals surface area (Å²) in [7, 11) is 1.76. The Balaban J connectivity index is 0.00000529. The van der Waals surface area contributed by atoms with Crippen molar-refractivity contribution in [2.45, 2.75) is 26.3 Å². The monoisotopic (exact) mass is 447 g/mol. The van der Waals surface area contributed by atoms with Gasteiger partial charge in [0.2, 0.25) is 0 Å². The van der Waals surface area contributed by atoms with E-state index in [1.807, 2.05) is 24.3 Å². The summed E-state index contributed by atoms with van der Waals surface area (Å²) in [6, 6.07) is 7.95. The molecule has 1 rings (SSSR count). The van der Waals surface area contributed by atoms with Crippen LogP contribution >= 0.6 is 24.0 Å². The molecule has 0 aliphatic rings. The maximum atomic E-state index is 5.65. The summed E-state index contributed by atoms with van der Waals surface area (Å²) < 4.78 is 11.2. The fourth-order valence-corrected chi connectivity index (χ4v) is 1.93. The molecule has 0 saturated carbocycles. The van der Waals surface area contributed by atoms with Crippen LogP contribution in [0.5, 0.6) is 5.75 Å². The highest BCUT2D eigenvalue weighted by atomic mass is 127. The van der Waals surface area contributed by atoms with E-state index in [-0.39, 0.29) is 24.0 Å². The first-order valence-corrected chi connectivity index (χ1v) is 8.15. The highest BCUT2D eigenvalue weighted by Gasteiger charge is 2.04. The van der Waals surface area contributed by atoms with Gasteiger partial charge in [-0.1, -0.05) is 44.2 Å². The van der Waals surface area contributed by atoms with Crippen molar-refractivity contribution in [1.29, 1.82) is 0 Å². The highest BCUT2D eigenvalue weighted by molar-refractivity contribution is 14.0. The summed E-state index contributed by atoms with van der Waals surface area (Å²) >= 11 is 0. The zero-order valence-electron chi connectivity index (χ0n) is 14.7. The van der Waals surface area contributed by atoms with Crippen LogP contribution in [0, 0.1) is 0 Å². The summed E-state index contributed by atoms with van der Waals surface area (Å²) in [6.07, 6.45) is 4.00. The van der Waals surface area contributed by atoms with Crippen LogP contribution in [0.15, 0.2) is 41.9 Å². The summed E-state index contributed by atoms with van der Waals surface area (Å²) in [4.78, 5) is 4.21. The summed E-state index contributed by atoms with van der Waals surface area (Å²) in [5.41, 5.74) is 1.08. The lowest BCUT2D eigenvalue weighted by atomic mass is 10.2. The average molecular weight is 447 g/mol. The van der Waals surface area contributed by atoms with Gasteiger partial charge in [-0.25, -0.2) is 0 Å². The van der Waals surface area contributed by atoms with E-state index < -0.39 is 0 Å². The molecule has 5 nitrogen and oxygen atoms in total. The molecule has 0 bridgehead atoms. The number of benzene rings is 1. The van der Waals surface area contributed by atoms with E-state index in [0.29, 0.717) is 19.8 Å². The van der Waals surface area contributed by atoms with Gasteiger partial charge in [-0.05, 0) is 12.5 Å². The minimum Gasteiger partial charge on any atom is -0.489 e. The first-order valence-electron chi connectivity index (χ1n) is 8.15. The molecule has 0 radical (unpaired) electrons. The van der Waals surface area contributed by atoms with Crippen LogP contribution < -0.4 is 15.4 Å². The number of nitrogens with one attached hydrogen (secondary N) is 2.